The zero-order valence-electron chi connectivity index (χ0n) is 22.1. The summed E-state index contributed by atoms with van der Waals surface area (Å²) in [5, 5.41) is 5.93. The molecule has 0 saturated carbocycles. The Labute approximate surface area is 221 Å². The monoisotopic (exact) mass is 495 g/mol. The fourth-order valence-electron chi connectivity index (χ4n) is 5.53. The van der Waals surface area contributed by atoms with Gasteiger partial charge in [-0.2, -0.15) is 0 Å². The van der Waals surface area contributed by atoms with Gasteiger partial charge in [0.15, 0.2) is 0 Å². The molecular formula is C33H29N5. The van der Waals surface area contributed by atoms with E-state index in [-0.39, 0.29) is 0 Å². The number of nitrogens with one attached hydrogen (secondary N) is 1. The maximum atomic E-state index is 5.05. The molecule has 0 aliphatic carbocycles. The first-order valence-corrected chi connectivity index (χ1v) is 13.3. The minimum absolute atomic E-state index is 0.370. The van der Waals surface area contributed by atoms with Crippen molar-refractivity contribution < 1.29 is 0 Å². The lowest BCUT2D eigenvalue weighted by Crippen LogP contribution is -2.06. The van der Waals surface area contributed by atoms with Crippen LogP contribution in [0.2, 0.25) is 0 Å². The molecule has 0 spiro atoms. The van der Waals surface area contributed by atoms with Crippen molar-refractivity contribution in [1.29, 1.82) is 0 Å². The van der Waals surface area contributed by atoms with E-state index < -0.39 is 0 Å². The van der Waals surface area contributed by atoms with Crippen LogP contribution in [0.25, 0.3) is 55.0 Å². The minimum atomic E-state index is 0.370. The van der Waals surface area contributed by atoms with Crippen LogP contribution in [0, 0.1) is 5.92 Å². The molecule has 1 N–H and O–H groups in total. The van der Waals surface area contributed by atoms with Gasteiger partial charge in [-0.15, -0.1) is 0 Å². The van der Waals surface area contributed by atoms with Crippen molar-refractivity contribution in [2.45, 2.75) is 40.0 Å². The smallest absolute Gasteiger partial charge is 0.109 e. The van der Waals surface area contributed by atoms with Gasteiger partial charge in [-0.3, -0.25) is 9.98 Å². The van der Waals surface area contributed by atoms with Gasteiger partial charge >= 0.3 is 0 Å². The van der Waals surface area contributed by atoms with Crippen LogP contribution in [-0.4, -0.2) is 25.6 Å². The number of aliphatic imine (C=N–C) groups is 1. The summed E-state index contributed by atoms with van der Waals surface area (Å²) < 4.78 is 0. The molecule has 186 valence electrons. The number of benzene rings is 3. The predicted octanol–water partition coefficient (Wildman–Crippen LogP) is 8.40. The molecule has 5 nitrogen and oxygen atoms in total. The molecule has 3 aromatic carbocycles. The fourth-order valence-corrected chi connectivity index (χ4v) is 5.53. The number of hydrogen-bond donors (Lipinski definition) is 1. The van der Waals surface area contributed by atoms with Crippen LogP contribution in [-0.2, 0) is 6.42 Å². The predicted molar refractivity (Wildman–Crippen MR) is 157 cm³/mol. The van der Waals surface area contributed by atoms with Crippen molar-refractivity contribution in [2.24, 2.45) is 10.9 Å². The van der Waals surface area contributed by atoms with Crippen molar-refractivity contribution in [3.8, 4) is 22.5 Å². The van der Waals surface area contributed by atoms with E-state index in [2.05, 4.69) is 97.2 Å². The Hall–Kier alpha value is -4.38. The number of H-pyrrole nitrogens is 1. The van der Waals surface area contributed by atoms with Crippen LogP contribution < -0.4 is 0 Å². The van der Waals surface area contributed by atoms with Crippen molar-refractivity contribution >= 4 is 43.8 Å². The van der Waals surface area contributed by atoms with Crippen molar-refractivity contribution in [3.63, 3.8) is 0 Å². The Morgan fingerprint density at radius 3 is 2.45 bits per heavy atom. The lowest BCUT2D eigenvalue weighted by atomic mass is 9.92. The van der Waals surface area contributed by atoms with Crippen molar-refractivity contribution in [1.82, 2.24) is 19.9 Å². The third-order valence-corrected chi connectivity index (χ3v) is 7.71. The molecule has 0 saturated heterocycles. The molecule has 0 fully saturated rings. The Bertz CT molecular complexity index is 1910. The standard InChI is InChI=1S/C33H29N5/c1-18(2)30-15-26-23-8-5-22(14-25(23)24-11-12-34-16-27(24)32(26)37-30)29-9-6-20-13-21(7-10-28(20)36-29)31-17-35-33(38-31)19(3)4/h5-14,16-19H,15H2,1-4H3,(H,35,38). The SMILES string of the molecule is CC(C)C1=Nc2c(c3ccc(-c4ccc5cc(-c6cnc(C(C)C)[nH]6)ccc5n4)cc3c3ccncc23)C1. The Kier molecular flexibility index (Phi) is 5.15. The van der Waals surface area contributed by atoms with Gasteiger partial charge in [0.05, 0.1) is 28.8 Å². The van der Waals surface area contributed by atoms with Gasteiger partial charge in [-0.25, -0.2) is 9.97 Å². The Balaban J connectivity index is 1.32. The van der Waals surface area contributed by atoms with Crippen molar-refractivity contribution in [2.75, 3.05) is 0 Å². The van der Waals surface area contributed by atoms with Gasteiger partial charge in [-0.1, -0.05) is 52.0 Å². The Morgan fingerprint density at radius 1 is 0.763 bits per heavy atom. The molecule has 0 amide bonds. The topological polar surface area (TPSA) is 66.8 Å². The van der Waals surface area contributed by atoms with Gasteiger partial charge < -0.3 is 4.98 Å². The average Bonchev–Trinajstić information content (AvgIpc) is 3.61. The molecule has 0 unspecified atom stereocenters. The zero-order valence-corrected chi connectivity index (χ0v) is 22.1. The number of imidazole rings is 1. The van der Waals surface area contributed by atoms with E-state index in [1.807, 2.05) is 18.6 Å². The van der Waals surface area contributed by atoms with Crippen LogP contribution in [0.4, 0.5) is 5.69 Å². The molecule has 6 aromatic rings. The normalized spacial score (nSPS) is 13.3. The van der Waals surface area contributed by atoms with E-state index in [0.29, 0.717) is 11.8 Å². The summed E-state index contributed by atoms with van der Waals surface area (Å²) in [4.78, 5) is 22.5. The molecule has 4 heterocycles. The molecule has 7 rings (SSSR count). The summed E-state index contributed by atoms with van der Waals surface area (Å²) in [5.74, 6) is 1.80. The van der Waals surface area contributed by atoms with Gasteiger partial charge in [0.1, 0.15) is 5.82 Å². The van der Waals surface area contributed by atoms with E-state index >= 15 is 0 Å². The highest BCUT2D eigenvalue weighted by molar-refractivity contribution is 6.18. The highest BCUT2D eigenvalue weighted by Gasteiger charge is 2.23. The second-order valence-corrected chi connectivity index (χ2v) is 10.9. The van der Waals surface area contributed by atoms with E-state index in [1.54, 1.807) is 0 Å². The maximum Gasteiger partial charge on any atom is 0.109 e. The summed E-state index contributed by atoms with van der Waals surface area (Å²) in [7, 11) is 0. The van der Waals surface area contributed by atoms with E-state index in [0.717, 1.165) is 56.7 Å². The number of hydrogen-bond acceptors (Lipinski definition) is 4. The highest BCUT2D eigenvalue weighted by Crippen LogP contribution is 2.43. The van der Waals surface area contributed by atoms with Crippen LogP contribution >= 0.6 is 0 Å². The highest BCUT2D eigenvalue weighted by atomic mass is 14.9. The summed E-state index contributed by atoms with van der Waals surface area (Å²) in [5.41, 5.74) is 8.86. The molecular weight excluding hydrogens is 466 g/mol. The molecule has 0 radical (unpaired) electrons. The number of pyridine rings is 2. The summed E-state index contributed by atoms with van der Waals surface area (Å²) in [6.45, 7) is 8.73. The summed E-state index contributed by atoms with van der Waals surface area (Å²) in [6, 6.07) is 19.5. The third-order valence-electron chi connectivity index (χ3n) is 7.71. The molecule has 1 aliphatic heterocycles. The number of aromatic amines is 1. The van der Waals surface area contributed by atoms with Gasteiger partial charge in [0.25, 0.3) is 0 Å². The van der Waals surface area contributed by atoms with Crippen LogP contribution in [0.15, 0.2) is 78.2 Å². The fraction of sp³-hybridized carbons (Fsp3) is 0.212. The van der Waals surface area contributed by atoms with E-state index in [9.17, 15) is 0 Å². The molecule has 3 aromatic heterocycles. The maximum absolute atomic E-state index is 5.05. The van der Waals surface area contributed by atoms with E-state index in [1.165, 1.54) is 27.4 Å². The largest absolute Gasteiger partial charge is 0.342 e. The molecule has 0 bridgehead atoms. The number of rotatable bonds is 4. The molecule has 0 atom stereocenters. The summed E-state index contributed by atoms with van der Waals surface area (Å²) in [6.07, 6.45) is 6.65. The third kappa shape index (κ3) is 3.61. The van der Waals surface area contributed by atoms with Gasteiger partial charge in [0.2, 0.25) is 0 Å². The second kappa shape index (κ2) is 8.59. The quantitative estimate of drug-likeness (QED) is 0.250. The first-order chi connectivity index (χ1) is 18.5. The van der Waals surface area contributed by atoms with Crippen LogP contribution in [0.1, 0.15) is 45.0 Å². The number of nitrogens with zero attached hydrogens (tertiary/aromatic N) is 4. The Morgan fingerprint density at radius 2 is 1.63 bits per heavy atom. The van der Waals surface area contributed by atoms with Gasteiger partial charge in [-0.05, 0) is 58.0 Å². The van der Waals surface area contributed by atoms with Gasteiger partial charge in [0, 0.05) is 52.3 Å². The van der Waals surface area contributed by atoms with Crippen molar-refractivity contribution in [3.05, 3.63) is 84.6 Å². The first-order valence-electron chi connectivity index (χ1n) is 13.3. The average molecular weight is 496 g/mol. The number of aromatic nitrogens is 4. The number of fused-ring (bicyclic) bond motifs is 7. The lowest BCUT2D eigenvalue weighted by Gasteiger charge is -2.12. The van der Waals surface area contributed by atoms with Crippen LogP contribution in [0.5, 0.6) is 0 Å². The van der Waals surface area contributed by atoms with Crippen LogP contribution in [0.3, 0.4) is 0 Å². The lowest BCUT2D eigenvalue weighted by molar-refractivity contribution is 0.795. The molecule has 38 heavy (non-hydrogen) atoms. The molecule has 5 heteroatoms. The second-order valence-electron chi connectivity index (χ2n) is 10.9. The zero-order chi connectivity index (χ0) is 26.0. The summed E-state index contributed by atoms with van der Waals surface area (Å²) >= 11 is 0. The molecule has 1 aliphatic rings. The van der Waals surface area contributed by atoms with E-state index in [4.69, 9.17) is 9.98 Å². The minimum Gasteiger partial charge on any atom is -0.342 e. The first kappa shape index (κ1) is 22.8.